The van der Waals surface area contributed by atoms with Crippen LogP contribution in [-0.4, -0.2) is 45.9 Å². The first-order valence-corrected chi connectivity index (χ1v) is 15.3. The van der Waals surface area contributed by atoms with Crippen LogP contribution in [0.25, 0.3) is 5.69 Å². The van der Waals surface area contributed by atoms with Crippen LogP contribution in [0.15, 0.2) is 70.7 Å². The average molecular weight is 644 g/mol. The zero-order valence-corrected chi connectivity index (χ0v) is 26.9. The Balaban J connectivity index is 1.62. The Labute approximate surface area is 261 Å². The van der Waals surface area contributed by atoms with Gasteiger partial charge in [0.15, 0.2) is 11.5 Å². The fourth-order valence-electron chi connectivity index (χ4n) is 4.81. The predicted molar refractivity (Wildman–Crippen MR) is 171 cm³/mol. The topological polar surface area (TPSA) is 102 Å². The van der Waals surface area contributed by atoms with E-state index in [0.29, 0.717) is 21.5 Å². The monoisotopic (exact) mass is 642 g/mol. The van der Waals surface area contributed by atoms with E-state index >= 15 is 0 Å². The van der Waals surface area contributed by atoms with Crippen LogP contribution in [0, 0.1) is 27.7 Å². The summed E-state index contributed by atoms with van der Waals surface area (Å²) in [6.07, 6.45) is 1.50. The van der Waals surface area contributed by atoms with Gasteiger partial charge in [-0.2, -0.15) is 5.10 Å². The van der Waals surface area contributed by atoms with Crippen molar-refractivity contribution >= 4 is 51.0 Å². The predicted octanol–water partition coefficient (Wildman–Crippen LogP) is 6.38. The van der Waals surface area contributed by atoms with E-state index in [9.17, 15) is 13.2 Å². The van der Waals surface area contributed by atoms with Crippen molar-refractivity contribution in [3.05, 3.63) is 98.8 Å². The molecular weight excluding hydrogens is 611 g/mol. The standard InChI is InChI=1S/C31H32Cl2N4O5S/c1-19-11-20(2)13-25(12-19)36(43(39,40)26-8-10-29(41-5)30(16-26)42-6)18-31(38)35-34-17-23-14-21(3)37(22(23)4)28-9-7-24(32)15-27(28)33/h7-17H,18H2,1-6H3,(H,35,38)/b34-17+. The van der Waals surface area contributed by atoms with Crippen LogP contribution in [0.3, 0.4) is 0 Å². The van der Waals surface area contributed by atoms with Gasteiger partial charge in [0.1, 0.15) is 6.54 Å². The van der Waals surface area contributed by atoms with Crippen molar-refractivity contribution < 1.29 is 22.7 Å². The second-order valence-electron chi connectivity index (χ2n) is 9.93. The fraction of sp³-hybridized carbons (Fsp3) is 0.226. The van der Waals surface area contributed by atoms with Crippen molar-refractivity contribution in [2.24, 2.45) is 5.10 Å². The van der Waals surface area contributed by atoms with Gasteiger partial charge in [-0.05, 0) is 87.4 Å². The number of amides is 1. The number of rotatable bonds is 10. The van der Waals surface area contributed by atoms with E-state index in [0.717, 1.165) is 38.1 Å². The molecular formula is C31H32Cl2N4O5S. The van der Waals surface area contributed by atoms with Gasteiger partial charge < -0.3 is 14.0 Å². The van der Waals surface area contributed by atoms with Crippen molar-refractivity contribution in [1.29, 1.82) is 0 Å². The normalized spacial score (nSPS) is 11.5. The number of sulfonamides is 1. The van der Waals surface area contributed by atoms with Crippen LogP contribution in [-0.2, 0) is 14.8 Å². The first kappa shape index (κ1) is 31.9. The molecule has 1 aromatic heterocycles. The number of benzene rings is 3. The van der Waals surface area contributed by atoms with E-state index in [-0.39, 0.29) is 10.6 Å². The lowest BCUT2D eigenvalue weighted by molar-refractivity contribution is -0.119. The fourth-order valence-corrected chi connectivity index (χ4v) is 6.72. The highest BCUT2D eigenvalue weighted by Gasteiger charge is 2.29. The number of aryl methyl sites for hydroxylation is 3. The summed E-state index contributed by atoms with van der Waals surface area (Å²) >= 11 is 12.5. The van der Waals surface area contributed by atoms with Crippen molar-refractivity contribution in [3.8, 4) is 17.2 Å². The maximum Gasteiger partial charge on any atom is 0.264 e. The molecule has 226 valence electrons. The van der Waals surface area contributed by atoms with E-state index in [1.54, 1.807) is 24.3 Å². The molecule has 1 N–H and O–H groups in total. The number of hydrazone groups is 1. The van der Waals surface area contributed by atoms with Gasteiger partial charge in [-0.1, -0.05) is 29.3 Å². The molecule has 0 saturated carbocycles. The molecule has 43 heavy (non-hydrogen) atoms. The van der Waals surface area contributed by atoms with Crippen LogP contribution >= 0.6 is 23.2 Å². The first-order valence-electron chi connectivity index (χ1n) is 13.1. The van der Waals surface area contributed by atoms with Crippen molar-refractivity contribution in [1.82, 2.24) is 9.99 Å². The summed E-state index contributed by atoms with van der Waals surface area (Å²) in [6, 6.07) is 16.8. The Morgan fingerprint density at radius 3 is 2.23 bits per heavy atom. The zero-order chi connectivity index (χ0) is 31.5. The quantitative estimate of drug-likeness (QED) is 0.160. The highest BCUT2D eigenvalue weighted by atomic mass is 35.5. The smallest absolute Gasteiger partial charge is 0.264 e. The molecule has 0 aliphatic carbocycles. The summed E-state index contributed by atoms with van der Waals surface area (Å²) in [6.45, 7) is 7.02. The molecule has 0 fully saturated rings. The Hall–Kier alpha value is -3.99. The van der Waals surface area contributed by atoms with Gasteiger partial charge in [-0.3, -0.25) is 9.10 Å². The SMILES string of the molecule is COc1ccc(S(=O)(=O)N(CC(=O)N/N=C/c2cc(C)n(-c3ccc(Cl)cc3Cl)c2C)c2cc(C)cc(C)c2)cc1OC. The molecule has 0 aliphatic rings. The number of halogens is 2. The number of methoxy groups -OCH3 is 2. The third-order valence-electron chi connectivity index (χ3n) is 6.74. The Bertz CT molecular complexity index is 1800. The zero-order valence-electron chi connectivity index (χ0n) is 24.6. The molecule has 1 heterocycles. The molecule has 9 nitrogen and oxygen atoms in total. The van der Waals surface area contributed by atoms with Crippen LogP contribution in [0.2, 0.25) is 10.0 Å². The molecule has 0 unspecified atom stereocenters. The number of hydrogen-bond acceptors (Lipinski definition) is 6. The number of aromatic nitrogens is 1. The van der Waals surface area contributed by atoms with Gasteiger partial charge in [0.2, 0.25) is 0 Å². The highest BCUT2D eigenvalue weighted by Crippen LogP contribution is 2.33. The number of hydrogen-bond donors (Lipinski definition) is 1. The van der Waals surface area contributed by atoms with Gasteiger partial charge >= 0.3 is 0 Å². The number of nitrogens with one attached hydrogen (secondary N) is 1. The van der Waals surface area contributed by atoms with Gasteiger partial charge in [0, 0.05) is 28.0 Å². The van der Waals surface area contributed by atoms with Crippen LogP contribution in [0.1, 0.15) is 28.1 Å². The molecule has 0 bridgehead atoms. The molecule has 4 aromatic rings. The van der Waals surface area contributed by atoms with E-state index in [4.69, 9.17) is 32.7 Å². The summed E-state index contributed by atoms with van der Waals surface area (Å²) in [5.41, 5.74) is 7.74. The van der Waals surface area contributed by atoms with Gasteiger partial charge in [0.25, 0.3) is 15.9 Å². The molecule has 0 saturated heterocycles. The first-order chi connectivity index (χ1) is 20.3. The lowest BCUT2D eigenvalue weighted by Crippen LogP contribution is -2.39. The third kappa shape index (κ3) is 6.98. The van der Waals surface area contributed by atoms with E-state index < -0.39 is 22.5 Å². The van der Waals surface area contributed by atoms with Gasteiger partial charge in [-0.15, -0.1) is 0 Å². The largest absolute Gasteiger partial charge is 0.493 e. The Morgan fingerprint density at radius 1 is 0.930 bits per heavy atom. The van der Waals surface area contributed by atoms with Crippen LogP contribution in [0.5, 0.6) is 11.5 Å². The number of carbonyl (C=O) groups is 1. The lowest BCUT2D eigenvalue weighted by atomic mass is 10.1. The Morgan fingerprint density at radius 2 is 1.60 bits per heavy atom. The molecule has 0 aliphatic heterocycles. The van der Waals surface area contributed by atoms with Crippen molar-refractivity contribution in [2.75, 3.05) is 25.1 Å². The summed E-state index contributed by atoms with van der Waals surface area (Å²) < 4.78 is 41.4. The second kappa shape index (κ2) is 13.1. The maximum atomic E-state index is 13.9. The number of anilines is 1. The molecule has 0 spiro atoms. The van der Waals surface area contributed by atoms with Gasteiger partial charge in [0.05, 0.1) is 41.7 Å². The van der Waals surface area contributed by atoms with Crippen molar-refractivity contribution in [3.63, 3.8) is 0 Å². The number of carbonyl (C=O) groups excluding carboxylic acids is 1. The minimum atomic E-state index is -4.20. The summed E-state index contributed by atoms with van der Waals surface area (Å²) in [4.78, 5) is 13.1. The number of nitrogens with zero attached hydrogens (tertiary/aromatic N) is 3. The molecule has 0 radical (unpaired) electrons. The van der Waals surface area contributed by atoms with Crippen LogP contribution in [0.4, 0.5) is 5.69 Å². The van der Waals surface area contributed by atoms with E-state index in [1.807, 2.05) is 50.5 Å². The minimum absolute atomic E-state index is 0.0612. The summed E-state index contributed by atoms with van der Waals surface area (Å²) in [5, 5.41) is 5.15. The van der Waals surface area contributed by atoms with E-state index in [2.05, 4.69) is 10.5 Å². The Kier molecular flexibility index (Phi) is 9.74. The highest BCUT2D eigenvalue weighted by molar-refractivity contribution is 7.92. The molecule has 3 aromatic carbocycles. The average Bonchev–Trinajstić information content (AvgIpc) is 3.22. The molecule has 0 atom stereocenters. The summed E-state index contributed by atoms with van der Waals surface area (Å²) in [5.74, 6) is -0.00585. The second-order valence-corrected chi connectivity index (χ2v) is 12.6. The maximum absolute atomic E-state index is 13.9. The molecule has 4 rings (SSSR count). The third-order valence-corrected chi connectivity index (χ3v) is 9.05. The van der Waals surface area contributed by atoms with Gasteiger partial charge in [-0.25, -0.2) is 13.8 Å². The molecule has 1 amide bonds. The molecule has 12 heteroatoms. The minimum Gasteiger partial charge on any atom is -0.493 e. The van der Waals surface area contributed by atoms with Crippen molar-refractivity contribution in [2.45, 2.75) is 32.6 Å². The van der Waals surface area contributed by atoms with Crippen LogP contribution < -0.4 is 19.2 Å². The number of ether oxygens (including phenoxy) is 2. The van der Waals surface area contributed by atoms with E-state index in [1.165, 1.54) is 38.6 Å². The lowest BCUT2D eigenvalue weighted by Gasteiger charge is -2.25. The summed E-state index contributed by atoms with van der Waals surface area (Å²) in [7, 11) is -1.32.